The van der Waals surface area contributed by atoms with Crippen molar-refractivity contribution in [3.8, 4) is 5.75 Å². The van der Waals surface area contributed by atoms with E-state index in [4.69, 9.17) is 4.74 Å². The van der Waals surface area contributed by atoms with Crippen LogP contribution in [0.15, 0.2) is 24.3 Å². The average molecular weight is 360 g/mol. The molecule has 7 heteroatoms. The summed E-state index contributed by atoms with van der Waals surface area (Å²) in [6.07, 6.45) is 0. The highest BCUT2D eigenvalue weighted by Gasteiger charge is 2.27. The number of piperazine rings is 1. The van der Waals surface area contributed by atoms with Crippen LogP contribution in [0.5, 0.6) is 5.75 Å². The number of hydrogen-bond donors (Lipinski definition) is 1. The molecule has 6 nitrogen and oxygen atoms in total. The van der Waals surface area contributed by atoms with Gasteiger partial charge in [0.25, 0.3) is 5.91 Å². The molecule has 25 heavy (non-hydrogen) atoms. The summed E-state index contributed by atoms with van der Waals surface area (Å²) in [5.41, 5.74) is 2.60. The van der Waals surface area contributed by atoms with Crippen LogP contribution in [0.25, 0.3) is 0 Å². The maximum absolute atomic E-state index is 12.9. The molecule has 1 saturated heterocycles. The van der Waals surface area contributed by atoms with Gasteiger partial charge in [0.1, 0.15) is 10.8 Å². The van der Waals surface area contributed by atoms with Gasteiger partial charge in [-0.05, 0) is 37.5 Å². The van der Waals surface area contributed by atoms with Crippen LogP contribution in [-0.2, 0) is 0 Å². The first-order valence-corrected chi connectivity index (χ1v) is 9.33. The lowest BCUT2D eigenvalue weighted by Crippen LogP contribution is -2.49. The van der Waals surface area contributed by atoms with E-state index in [0.717, 1.165) is 35.2 Å². The number of carbonyl (C=O) groups excluding carboxylic acids is 1. The Morgan fingerprint density at radius 2 is 2.00 bits per heavy atom. The first-order chi connectivity index (χ1) is 12.2. The van der Waals surface area contributed by atoms with Gasteiger partial charge >= 0.3 is 0 Å². The number of amides is 1. The number of carbonyl (C=O) groups is 1. The molecule has 0 atom stereocenters. The lowest BCUT2D eigenvalue weighted by molar-refractivity contribution is 0.0747. The fourth-order valence-electron chi connectivity index (χ4n) is 3.10. The van der Waals surface area contributed by atoms with E-state index in [1.807, 2.05) is 44.0 Å². The molecule has 1 fully saturated rings. The molecule has 0 radical (unpaired) electrons. The summed E-state index contributed by atoms with van der Waals surface area (Å²) in [5, 5.41) is 3.91. The van der Waals surface area contributed by atoms with E-state index >= 15 is 0 Å². The Hall–Kier alpha value is -2.28. The Morgan fingerprint density at radius 1 is 1.28 bits per heavy atom. The van der Waals surface area contributed by atoms with Crippen LogP contribution in [0.2, 0.25) is 0 Å². The first-order valence-electron chi connectivity index (χ1n) is 8.55. The molecule has 1 aliphatic rings. The van der Waals surface area contributed by atoms with Crippen molar-refractivity contribution in [1.29, 1.82) is 0 Å². The van der Waals surface area contributed by atoms with E-state index in [1.165, 1.54) is 11.5 Å². The molecular weight excluding hydrogens is 336 g/mol. The van der Waals surface area contributed by atoms with Crippen LogP contribution in [0.4, 0.5) is 10.7 Å². The van der Waals surface area contributed by atoms with Crippen LogP contribution in [0.3, 0.4) is 0 Å². The second-order valence-electron chi connectivity index (χ2n) is 5.90. The third kappa shape index (κ3) is 3.56. The molecule has 1 amide bonds. The Balaban J connectivity index is 1.70. The SMILES string of the molecule is CCOc1ccccc1N1CCN(C(=O)c2c(C)nsc2NC)CC1. The van der Waals surface area contributed by atoms with Gasteiger partial charge in [-0.3, -0.25) is 4.79 Å². The molecule has 0 bridgehead atoms. The van der Waals surface area contributed by atoms with E-state index in [1.54, 1.807) is 0 Å². The molecule has 1 aliphatic heterocycles. The van der Waals surface area contributed by atoms with Crippen LogP contribution >= 0.6 is 11.5 Å². The number of aryl methyl sites for hydroxylation is 1. The zero-order chi connectivity index (χ0) is 17.8. The molecule has 1 aromatic carbocycles. The Kier molecular flexibility index (Phi) is 5.43. The fourth-order valence-corrected chi connectivity index (χ4v) is 3.83. The molecular formula is C18H24N4O2S. The molecule has 0 saturated carbocycles. The summed E-state index contributed by atoms with van der Waals surface area (Å²) in [6.45, 7) is 7.49. The van der Waals surface area contributed by atoms with E-state index < -0.39 is 0 Å². The van der Waals surface area contributed by atoms with Gasteiger partial charge in [-0.2, -0.15) is 4.37 Å². The smallest absolute Gasteiger partial charge is 0.258 e. The minimum atomic E-state index is 0.0633. The van der Waals surface area contributed by atoms with Crippen molar-refractivity contribution in [1.82, 2.24) is 9.27 Å². The van der Waals surface area contributed by atoms with E-state index in [2.05, 4.69) is 20.7 Å². The number of nitrogens with one attached hydrogen (secondary N) is 1. The van der Waals surface area contributed by atoms with Crippen LogP contribution in [0, 0.1) is 6.92 Å². The second-order valence-corrected chi connectivity index (χ2v) is 6.68. The monoisotopic (exact) mass is 360 g/mol. The van der Waals surface area contributed by atoms with E-state index in [9.17, 15) is 4.79 Å². The van der Waals surface area contributed by atoms with Crippen LogP contribution in [-0.4, -0.2) is 55.0 Å². The minimum Gasteiger partial charge on any atom is -0.492 e. The molecule has 2 heterocycles. The number of rotatable bonds is 5. The van der Waals surface area contributed by atoms with Crippen molar-refractivity contribution in [2.45, 2.75) is 13.8 Å². The van der Waals surface area contributed by atoms with E-state index in [-0.39, 0.29) is 5.91 Å². The average Bonchev–Trinajstić information content (AvgIpc) is 3.03. The molecule has 2 aromatic rings. The summed E-state index contributed by atoms with van der Waals surface area (Å²) in [7, 11) is 1.83. The third-order valence-corrected chi connectivity index (χ3v) is 5.33. The largest absolute Gasteiger partial charge is 0.492 e. The van der Waals surface area contributed by atoms with Gasteiger partial charge in [0, 0.05) is 33.2 Å². The molecule has 0 unspecified atom stereocenters. The minimum absolute atomic E-state index is 0.0633. The van der Waals surface area contributed by atoms with Gasteiger partial charge in [0.15, 0.2) is 0 Å². The number of para-hydroxylation sites is 2. The van der Waals surface area contributed by atoms with Crippen molar-refractivity contribution >= 4 is 28.1 Å². The Bertz CT molecular complexity index is 738. The van der Waals surface area contributed by atoms with Gasteiger partial charge in [0.2, 0.25) is 0 Å². The predicted octanol–water partition coefficient (Wildman–Crippen LogP) is 2.85. The lowest BCUT2D eigenvalue weighted by atomic mass is 10.2. The quantitative estimate of drug-likeness (QED) is 0.888. The van der Waals surface area contributed by atoms with Crippen LogP contribution < -0.4 is 15.0 Å². The summed E-state index contributed by atoms with van der Waals surface area (Å²) in [6, 6.07) is 8.08. The normalized spacial score (nSPS) is 14.5. The van der Waals surface area contributed by atoms with Crippen molar-refractivity contribution in [3.63, 3.8) is 0 Å². The number of hydrogen-bond acceptors (Lipinski definition) is 6. The summed E-state index contributed by atoms with van der Waals surface area (Å²) >= 11 is 1.34. The summed E-state index contributed by atoms with van der Waals surface area (Å²) in [5.74, 6) is 0.966. The highest BCUT2D eigenvalue weighted by molar-refractivity contribution is 7.10. The topological polar surface area (TPSA) is 57.7 Å². The number of aromatic nitrogens is 1. The van der Waals surface area contributed by atoms with Gasteiger partial charge in [-0.1, -0.05) is 12.1 Å². The molecule has 1 aromatic heterocycles. The van der Waals surface area contributed by atoms with Crippen molar-refractivity contribution in [2.75, 3.05) is 50.1 Å². The lowest BCUT2D eigenvalue weighted by Gasteiger charge is -2.36. The van der Waals surface area contributed by atoms with Crippen molar-refractivity contribution in [2.24, 2.45) is 0 Å². The van der Waals surface area contributed by atoms with Gasteiger partial charge in [0.05, 0.1) is 23.6 Å². The zero-order valence-corrected chi connectivity index (χ0v) is 15.7. The Labute approximate surface area is 152 Å². The van der Waals surface area contributed by atoms with Crippen molar-refractivity contribution < 1.29 is 9.53 Å². The second kappa shape index (κ2) is 7.74. The van der Waals surface area contributed by atoms with Crippen LogP contribution in [0.1, 0.15) is 23.0 Å². The highest BCUT2D eigenvalue weighted by Crippen LogP contribution is 2.30. The molecule has 3 rings (SSSR count). The molecule has 1 N–H and O–H groups in total. The van der Waals surface area contributed by atoms with Crippen molar-refractivity contribution in [3.05, 3.63) is 35.5 Å². The fraction of sp³-hybridized carbons (Fsp3) is 0.444. The maximum Gasteiger partial charge on any atom is 0.258 e. The molecule has 0 spiro atoms. The predicted molar refractivity (Wildman–Crippen MR) is 102 cm³/mol. The zero-order valence-electron chi connectivity index (χ0n) is 14.9. The number of nitrogens with zero attached hydrogens (tertiary/aromatic N) is 3. The summed E-state index contributed by atoms with van der Waals surface area (Å²) in [4.78, 5) is 17.1. The Morgan fingerprint density at radius 3 is 2.68 bits per heavy atom. The van der Waals surface area contributed by atoms with Gasteiger partial charge in [-0.15, -0.1) is 0 Å². The maximum atomic E-state index is 12.9. The highest BCUT2D eigenvalue weighted by atomic mass is 32.1. The number of benzene rings is 1. The summed E-state index contributed by atoms with van der Waals surface area (Å²) < 4.78 is 10.0. The standard InChI is InChI=1S/C18H24N4O2S/c1-4-24-15-8-6-5-7-14(15)21-9-11-22(12-10-21)18(23)16-13(2)20-25-17(16)19-3/h5-8,19H,4,9-12H2,1-3H3. The molecule has 134 valence electrons. The van der Waals surface area contributed by atoms with Gasteiger partial charge < -0.3 is 19.9 Å². The number of ether oxygens (including phenoxy) is 1. The van der Waals surface area contributed by atoms with E-state index in [0.29, 0.717) is 25.3 Å². The molecule has 0 aliphatic carbocycles. The third-order valence-electron chi connectivity index (χ3n) is 4.38. The first kappa shape index (κ1) is 17.5. The van der Waals surface area contributed by atoms with Gasteiger partial charge in [-0.25, -0.2) is 0 Å². The number of anilines is 2.